The first-order valence-electron chi connectivity index (χ1n) is 13.4. The van der Waals surface area contributed by atoms with Crippen LogP contribution in [0.25, 0.3) is 31.7 Å². The molecule has 1 aliphatic heterocycles. The zero-order valence-corrected chi connectivity index (χ0v) is 23.4. The minimum Gasteiger partial charge on any atom is -0.508 e. The van der Waals surface area contributed by atoms with Crippen LogP contribution in [0.5, 0.6) is 11.5 Å². The number of unbranched alkanes of at least 4 members (excludes halogenated alkanes) is 1. The third kappa shape index (κ3) is 6.06. The van der Waals surface area contributed by atoms with Crippen molar-refractivity contribution in [3.63, 3.8) is 0 Å². The predicted molar refractivity (Wildman–Crippen MR) is 156 cm³/mol. The van der Waals surface area contributed by atoms with Crippen LogP contribution >= 0.6 is 11.3 Å². The van der Waals surface area contributed by atoms with Gasteiger partial charge in [-0.1, -0.05) is 38.0 Å². The average molecular weight is 549 g/mol. The van der Waals surface area contributed by atoms with Crippen molar-refractivity contribution < 1.29 is 18.3 Å². The number of benzene rings is 3. The molecular formula is C31H34NO4S2. The van der Waals surface area contributed by atoms with Crippen molar-refractivity contribution in [1.82, 2.24) is 4.90 Å². The Bertz CT molecular complexity index is 1490. The Balaban J connectivity index is 1.46. The highest BCUT2D eigenvalue weighted by Gasteiger charge is 2.19. The molecule has 1 radical (unpaired) electrons. The summed E-state index contributed by atoms with van der Waals surface area (Å²) in [5.74, 6) is 1.18. The van der Waals surface area contributed by atoms with Gasteiger partial charge in [-0.15, -0.1) is 11.3 Å². The molecule has 0 saturated carbocycles. The summed E-state index contributed by atoms with van der Waals surface area (Å²) >= 11 is 1.58. The molecule has 199 valence electrons. The number of hydrogen-bond donors (Lipinski definition) is 1. The monoisotopic (exact) mass is 548 g/mol. The van der Waals surface area contributed by atoms with E-state index >= 15 is 0 Å². The van der Waals surface area contributed by atoms with Gasteiger partial charge in [0.05, 0.1) is 10.6 Å². The van der Waals surface area contributed by atoms with Crippen LogP contribution in [0.1, 0.15) is 39.0 Å². The number of phenols is 1. The Morgan fingerprint density at radius 1 is 1.03 bits per heavy atom. The largest absolute Gasteiger partial charge is 0.508 e. The van der Waals surface area contributed by atoms with E-state index in [0.29, 0.717) is 17.9 Å². The molecule has 0 spiro atoms. The molecule has 0 atom stereocenters. The van der Waals surface area contributed by atoms with E-state index in [9.17, 15) is 13.5 Å². The lowest BCUT2D eigenvalue weighted by molar-refractivity contribution is 0.183. The molecule has 3 aromatic carbocycles. The Labute approximate surface area is 229 Å². The van der Waals surface area contributed by atoms with Crippen LogP contribution in [0, 0.1) is 6.07 Å². The first kappa shape index (κ1) is 26.7. The van der Waals surface area contributed by atoms with Gasteiger partial charge in [-0.05, 0) is 92.0 Å². The molecular weight excluding hydrogens is 514 g/mol. The zero-order chi connectivity index (χ0) is 26.5. The number of likely N-dealkylation sites (tertiary alicyclic amines) is 1. The molecule has 1 aromatic heterocycles. The first-order chi connectivity index (χ1) is 18.4. The van der Waals surface area contributed by atoms with Gasteiger partial charge in [0.25, 0.3) is 0 Å². The van der Waals surface area contributed by atoms with Crippen LogP contribution in [-0.2, 0) is 9.84 Å². The Hall–Kier alpha value is -2.87. The van der Waals surface area contributed by atoms with Gasteiger partial charge in [0.1, 0.15) is 18.1 Å². The van der Waals surface area contributed by atoms with Crippen LogP contribution in [0.4, 0.5) is 0 Å². The van der Waals surface area contributed by atoms with E-state index in [4.69, 9.17) is 4.74 Å². The maximum absolute atomic E-state index is 12.7. The smallest absolute Gasteiger partial charge is 0.178 e. The molecule has 1 aliphatic rings. The molecule has 1 saturated heterocycles. The molecule has 0 amide bonds. The summed E-state index contributed by atoms with van der Waals surface area (Å²) in [5, 5.41) is 11.1. The lowest BCUT2D eigenvalue weighted by Crippen LogP contribution is -2.33. The van der Waals surface area contributed by atoms with Crippen molar-refractivity contribution in [2.75, 3.05) is 32.0 Å². The number of thiophene rings is 1. The summed E-state index contributed by atoms with van der Waals surface area (Å²) in [6.45, 7) is 5.85. The quantitative estimate of drug-likeness (QED) is 0.227. The van der Waals surface area contributed by atoms with Gasteiger partial charge < -0.3 is 9.84 Å². The number of phenolic OH excluding ortho intramolecular Hbond substituents is 1. The summed E-state index contributed by atoms with van der Waals surface area (Å²) in [7, 11) is -3.29. The van der Waals surface area contributed by atoms with Crippen molar-refractivity contribution in [2.45, 2.75) is 43.9 Å². The number of piperidine rings is 1. The van der Waals surface area contributed by atoms with E-state index < -0.39 is 9.84 Å². The number of nitrogens with zero attached hydrogens (tertiary/aromatic N) is 1. The van der Waals surface area contributed by atoms with Crippen LogP contribution in [0.15, 0.2) is 65.6 Å². The summed E-state index contributed by atoms with van der Waals surface area (Å²) in [6.07, 6.45) is 5.34. The number of hydrogen-bond acceptors (Lipinski definition) is 6. The number of fused-ring (bicyclic) bond motifs is 1. The van der Waals surface area contributed by atoms with Gasteiger partial charge in [-0.25, -0.2) is 8.42 Å². The van der Waals surface area contributed by atoms with Crippen molar-refractivity contribution in [3.8, 4) is 33.1 Å². The summed E-state index contributed by atoms with van der Waals surface area (Å²) in [4.78, 5) is 3.82. The molecule has 0 aliphatic carbocycles. The molecule has 7 heteroatoms. The molecule has 38 heavy (non-hydrogen) atoms. The van der Waals surface area contributed by atoms with Crippen LogP contribution in [0.2, 0.25) is 0 Å². The van der Waals surface area contributed by atoms with E-state index in [0.717, 1.165) is 63.5 Å². The van der Waals surface area contributed by atoms with Gasteiger partial charge in [-0.2, -0.15) is 0 Å². The highest BCUT2D eigenvalue weighted by atomic mass is 32.2. The number of aromatic hydroxyl groups is 1. The van der Waals surface area contributed by atoms with Crippen LogP contribution in [-0.4, -0.2) is 50.4 Å². The summed E-state index contributed by atoms with van der Waals surface area (Å²) in [5.41, 5.74) is 2.85. The van der Waals surface area contributed by atoms with E-state index in [1.807, 2.05) is 43.3 Å². The molecule has 1 N–H and O–H groups in total. The first-order valence-corrected chi connectivity index (χ1v) is 15.9. The highest BCUT2D eigenvalue weighted by molar-refractivity contribution is 7.91. The van der Waals surface area contributed by atoms with E-state index in [-0.39, 0.29) is 11.5 Å². The van der Waals surface area contributed by atoms with E-state index in [1.165, 1.54) is 19.3 Å². The molecule has 0 bridgehead atoms. The van der Waals surface area contributed by atoms with Gasteiger partial charge in [0, 0.05) is 27.1 Å². The SMILES string of the molecule is CCCCS(=O)(=O)c1ccc(-c2sc3cc(O)ccc3c2-c2[c]ccc(OCCN3CCCCC3)c2)cc1. The maximum atomic E-state index is 12.7. The Morgan fingerprint density at radius 2 is 1.82 bits per heavy atom. The lowest BCUT2D eigenvalue weighted by Gasteiger charge is -2.26. The fourth-order valence-corrected chi connectivity index (χ4v) is 7.69. The zero-order valence-electron chi connectivity index (χ0n) is 21.8. The van der Waals surface area contributed by atoms with Gasteiger partial charge in [0.15, 0.2) is 9.84 Å². The molecule has 0 unspecified atom stereocenters. The summed E-state index contributed by atoms with van der Waals surface area (Å²) in [6, 6.07) is 21.8. The highest BCUT2D eigenvalue weighted by Crippen LogP contribution is 2.46. The van der Waals surface area contributed by atoms with Gasteiger partial charge in [-0.3, -0.25) is 4.90 Å². The molecule has 5 nitrogen and oxygen atoms in total. The molecule has 2 heterocycles. The minimum absolute atomic E-state index is 0.162. The minimum atomic E-state index is -3.29. The van der Waals surface area contributed by atoms with Crippen molar-refractivity contribution in [2.24, 2.45) is 0 Å². The second-order valence-electron chi connectivity index (χ2n) is 9.87. The van der Waals surface area contributed by atoms with E-state index in [2.05, 4.69) is 11.0 Å². The van der Waals surface area contributed by atoms with E-state index in [1.54, 1.807) is 35.6 Å². The molecule has 1 fully saturated rings. The average Bonchev–Trinajstić information content (AvgIpc) is 3.31. The van der Waals surface area contributed by atoms with Crippen molar-refractivity contribution in [1.29, 1.82) is 0 Å². The number of ether oxygens (including phenoxy) is 1. The maximum Gasteiger partial charge on any atom is 0.178 e. The third-order valence-electron chi connectivity index (χ3n) is 7.08. The fourth-order valence-electron chi connectivity index (χ4n) is 4.98. The predicted octanol–water partition coefficient (Wildman–Crippen LogP) is 7.18. The number of rotatable bonds is 10. The van der Waals surface area contributed by atoms with Crippen molar-refractivity contribution in [3.05, 3.63) is 66.7 Å². The standard InChI is InChI=1S/C31H34NO4S2/c1-2-3-20-38(34,35)27-13-10-23(11-14-27)31-30(28-15-12-25(33)22-29(28)37-31)24-8-7-9-26(21-24)36-19-18-32-16-5-4-6-17-32/h7,9-15,21-22,33H,2-6,16-20H2,1H3. The Morgan fingerprint density at radius 3 is 2.58 bits per heavy atom. The molecule has 4 aromatic rings. The molecule has 5 rings (SSSR count). The van der Waals surface area contributed by atoms with Crippen molar-refractivity contribution >= 4 is 31.3 Å². The van der Waals surface area contributed by atoms with Gasteiger partial charge in [0.2, 0.25) is 0 Å². The summed E-state index contributed by atoms with van der Waals surface area (Å²) < 4.78 is 32.5. The normalized spacial score (nSPS) is 14.7. The topological polar surface area (TPSA) is 66.8 Å². The van der Waals surface area contributed by atoms with Gasteiger partial charge >= 0.3 is 0 Å². The van der Waals surface area contributed by atoms with Crippen LogP contribution < -0.4 is 4.74 Å². The Kier molecular flexibility index (Phi) is 8.36. The lowest BCUT2D eigenvalue weighted by atomic mass is 9.98. The fraction of sp³-hybridized carbons (Fsp3) is 0.355. The third-order valence-corrected chi connectivity index (χ3v) is 10.1. The number of sulfone groups is 1. The van der Waals surface area contributed by atoms with Crippen LogP contribution in [0.3, 0.4) is 0 Å². The second-order valence-corrected chi connectivity index (χ2v) is 13.0. The second kappa shape index (κ2) is 11.9.